The smallest absolute Gasteiger partial charge is 0.231 e. The normalized spacial score (nSPS) is 11.6. The molecule has 0 saturated heterocycles. The van der Waals surface area contributed by atoms with Crippen LogP contribution in [0.4, 0.5) is 13.2 Å². The van der Waals surface area contributed by atoms with E-state index in [1.165, 1.54) is 12.1 Å². The fourth-order valence-electron chi connectivity index (χ4n) is 3.00. The van der Waals surface area contributed by atoms with E-state index in [0.29, 0.717) is 5.69 Å². The van der Waals surface area contributed by atoms with Gasteiger partial charge in [-0.15, -0.1) is 0 Å². The summed E-state index contributed by atoms with van der Waals surface area (Å²) in [6.07, 6.45) is -4.37. The van der Waals surface area contributed by atoms with Crippen molar-refractivity contribution < 1.29 is 13.2 Å². The topological polar surface area (TPSA) is 17.8 Å². The summed E-state index contributed by atoms with van der Waals surface area (Å²) in [4.78, 5) is 0. The van der Waals surface area contributed by atoms with Gasteiger partial charge < -0.3 is 0 Å². The number of nitrogens with zero attached hydrogens (tertiary/aromatic N) is 2. The quantitative estimate of drug-likeness (QED) is 0.334. The average Bonchev–Trinajstić information content (AvgIpc) is 3.06. The Kier molecular flexibility index (Phi) is 4.81. The second-order valence-corrected chi connectivity index (χ2v) is 6.99. The van der Waals surface area contributed by atoms with Crippen LogP contribution in [0.25, 0.3) is 28.2 Å². The third-order valence-corrected chi connectivity index (χ3v) is 5.11. The SMILES string of the molecule is FC(F)(F)c1ccc(-n2nc(-c3ccccc3)c(Br)c2-c2ccccc2)cc1. The van der Waals surface area contributed by atoms with E-state index in [1.807, 2.05) is 60.7 Å². The van der Waals surface area contributed by atoms with Crippen LogP contribution in [0.5, 0.6) is 0 Å². The highest BCUT2D eigenvalue weighted by molar-refractivity contribution is 9.10. The molecule has 0 saturated carbocycles. The van der Waals surface area contributed by atoms with Crippen molar-refractivity contribution in [1.82, 2.24) is 9.78 Å². The van der Waals surface area contributed by atoms with Crippen molar-refractivity contribution in [2.45, 2.75) is 6.18 Å². The first-order chi connectivity index (χ1) is 13.4. The highest BCUT2D eigenvalue weighted by Crippen LogP contribution is 2.38. The second-order valence-electron chi connectivity index (χ2n) is 6.20. The van der Waals surface area contributed by atoms with Gasteiger partial charge in [-0.25, -0.2) is 4.68 Å². The Morgan fingerprint density at radius 1 is 0.714 bits per heavy atom. The summed E-state index contributed by atoms with van der Waals surface area (Å²) in [5.74, 6) is 0. The van der Waals surface area contributed by atoms with Gasteiger partial charge in [0, 0.05) is 11.1 Å². The van der Waals surface area contributed by atoms with E-state index in [-0.39, 0.29) is 0 Å². The van der Waals surface area contributed by atoms with E-state index in [9.17, 15) is 13.2 Å². The molecule has 4 rings (SSSR count). The van der Waals surface area contributed by atoms with E-state index in [4.69, 9.17) is 5.10 Å². The molecule has 28 heavy (non-hydrogen) atoms. The Morgan fingerprint density at radius 3 is 1.79 bits per heavy atom. The first-order valence-corrected chi connectivity index (χ1v) is 9.31. The van der Waals surface area contributed by atoms with E-state index >= 15 is 0 Å². The highest BCUT2D eigenvalue weighted by atomic mass is 79.9. The molecule has 2 nitrogen and oxygen atoms in total. The molecule has 0 aliphatic rings. The molecular weight excluding hydrogens is 429 g/mol. The molecule has 0 aliphatic carbocycles. The lowest BCUT2D eigenvalue weighted by atomic mass is 10.1. The lowest BCUT2D eigenvalue weighted by Crippen LogP contribution is -2.06. The molecule has 3 aromatic carbocycles. The van der Waals surface area contributed by atoms with E-state index in [2.05, 4.69) is 15.9 Å². The largest absolute Gasteiger partial charge is 0.416 e. The molecule has 6 heteroatoms. The third-order valence-electron chi connectivity index (χ3n) is 4.36. The van der Waals surface area contributed by atoms with Gasteiger partial charge in [-0.05, 0) is 40.2 Å². The summed E-state index contributed by atoms with van der Waals surface area (Å²) in [7, 11) is 0. The summed E-state index contributed by atoms with van der Waals surface area (Å²) in [5.41, 5.74) is 3.18. The Morgan fingerprint density at radius 2 is 1.25 bits per heavy atom. The minimum atomic E-state index is -4.37. The fourth-order valence-corrected chi connectivity index (χ4v) is 3.71. The summed E-state index contributed by atoms with van der Waals surface area (Å²) in [6.45, 7) is 0. The second kappa shape index (κ2) is 7.28. The maximum absolute atomic E-state index is 12.9. The van der Waals surface area contributed by atoms with Crippen LogP contribution in [0.1, 0.15) is 5.56 Å². The Hall–Kier alpha value is -2.86. The lowest BCUT2D eigenvalue weighted by Gasteiger charge is -2.10. The van der Waals surface area contributed by atoms with Crippen molar-refractivity contribution in [3.05, 3.63) is 95.0 Å². The summed E-state index contributed by atoms with van der Waals surface area (Å²) < 4.78 is 41.2. The lowest BCUT2D eigenvalue weighted by molar-refractivity contribution is -0.137. The molecule has 4 aromatic rings. The van der Waals surface area contributed by atoms with Crippen molar-refractivity contribution in [3.63, 3.8) is 0 Å². The minimum Gasteiger partial charge on any atom is -0.231 e. The predicted octanol–water partition coefficient (Wildman–Crippen LogP) is 6.99. The molecule has 0 aliphatic heterocycles. The van der Waals surface area contributed by atoms with Crippen LogP contribution in [0.2, 0.25) is 0 Å². The molecule has 0 radical (unpaired) electrons. The average molecular weight is 443 g/mol. The van der Waals surface area contributed by atoms with Gasteiger partial charge in [0.15, 0.2) is 0 Å². The molecule has 1 aromatic heterocycles. The zero-order valence-electron chi connectivity index (χ0n) is 14.5. The molecular formula is C22H14BrF3N2. The van der Waals surface area contributed by atoms with E-state index in [0.717, 1.165) is 39.1 Å². The van der Waals surface area contributed by atoms with Gasteiger partial charge in [-0.3, -0.25) is 0 Å². The number of hydrogen-bond donors (Lipinski definition) is 0. The zero-order valence-corrected chi connectivity index (χ0v) is 16.1. The molecule has 0 bridgehead atoms. The summed E-state index contributed by atoms with van der Waals surface area (Å²) in [6, 6.07) is 24.3. The molecule has 0 fully saturated rings. The number of aromatic nitrogens is 2. The van der Waals surface area contributed by atoms with Crippen LogP contribution in [-0.4, -0.2) is 9.78 Å². The van der Waals surface area contributed by atoms with E-state index < -0.39 is 11.7 Å². The minimum absolute atomic E-state index is 0.551. The van der Waals surface area contributed by atoms with Crippen molar-refractivity contribution in [2.75, 3.05) is 0 Å². The van der Waals surface area contributed by atoms with Gasteiger partial charge >= 0.3 is 6.18 Å². The molecule has 0 amide bonds. The van der Waals surface area contributed by atoms with Gasteiger partial charge in [0.1, 0.15) is 5.69 Å². The molecule has 0 unspecified atom stereocenters. The number of rotatable bonds is 3. The number of hydrogen-bond acceptors (Lipinski definition) is 1. The van der Waals surface area contributed by atoms with E-state index in [1.54, 1.807) is 4.68 Å². The molecule has 140 valence electrons. The van der Waals surface area contributed by atoms with Crippen LogP contribution in [-0.2, 0) is 6.18 Å². The first kappa shape index (κ1) is 18.5. The Bertz CT molecular complexity index is 1090. The third kappa shape index (κ3) is 3.47. The van der Waals surface area contributed by atoms with Crippen LogP contribution >= 0.6 is 15.9 Å². The monoisotopic (exact) mass is 442 g/mol. The maximum atomic E-state index is 12.9. The fraction of sp³-hybridized carbons (Fsp3) is 0.0455. The van der Waals surface area contributed by atoms with Gasteiger partial charge in [0.05, 0.1) is 21.4 Å². The Labute approximate surface area is 168 Å². The van der Waals surface area contributed by atoms with Crippen molar-refractivity contribution in [3.8, 4) is 28.2 Å². The van der Waals surface area contributed by atoms with Gasteiger partial charge in [0.25, 0.3) is 0 Å². The van der Waals surface area contributed by atoms with Crippen LogP contribution in [0.15, 0.2) is 89.4 Å². The number of halogens is 4. The predicted molar refractivity (Wildman–Crippen MR) is 107 cm³/mol. The van der Waals surface area contributed by atoms with Crippen molar-refractivity contribution in [2.24, 2.45) is 0 Å². The van der Waals surface area contributed by atoms with Crippen LogP contribution in [0, 0.1) is 0 Å². The molecule has 1 heterocycles. The standard InChI is InChI=1S/C22H14BrF3N2/c23-19-20(15-7-3-1-4-8-15)27-28(21(19)16-9-5-2-6-10-16)18-13-11-17(12-14-18)22(24,25)26/h1-14H. The molecule has 0 spiro atoms. The molecule has 0 atom stereocenters. The van der Waals surface area contributed by atoms with Gasteiger partial charge in [-0.2, -0.15) is 18.3 Å². The first-order valence-electron chi connectivity index (χ1n) is 8.52. The number of alkyl halides is 3. The van der Waals surface area contributed by atoms with Crippen LogP contribution in [0.3, 0.4) is 0 Å². The van der Waals surface area contributed by atoms with Gasteiger partial charge in [-0.1, -0.05) is 60.7 Å². The molecule has 0 N–H and O–H groups in total. The van der Waals surface area contributed by atoms with Crippen molar-refractivity contribution >= 4 is 15.9 Å². The summed E-state index contributed by atoms with van der Waals surface area (Å²) in [5, 5.41) is 4.71. The van der Waals surface area contributed by atoms with Crippen LogP contribution < -0.4 is 0 Å². The van der Waals surface area contributed by atoms with Gasteiger partial charge in [0.2, 0.25) is 0 Å². The van der Waals surface area contributed by atoms with Crippen molar-refractivity contribution in [1.29, 1.82) is 0 Å². The summed E-state index contributed by atoms with van der Waals surface area (Å²) >= 11 is 3.66. The maximum Gasteiger partial charge on any atom is 0.416 e. The zero-order chi connectivity index (χ0) is 19.7. The Balaban J connectivity index is 1.91. The number of benzene rings is 3. The highest BCUT2D eigenvalue weighted by Gasteiger charge is 2.30.